The van der Waals surface area contributed by atoms with Gasteiger partial charge < -0.3 is 10.2 Å². The van der Waals surface area contributed by atoms with Gasteiger partial charge in [-0.15, -0.1) is 11.3 Å². The molecule has 1 N–H and O–H groups in total. The highest BCUT2D eigenvalue weighted by molar-refractivity contribution is 7.14. The number of hydrogen-bond donors (Lipinski definition) is 1. The standard InChI is InChI=1S/C26H28FN3O2S/c1-17-24(33-23(28-17)16-18-8-12-20(27)13-9-18)25(31)29-21-14-10-19(11-15-21)26(32)30(2)22-6-4-3-5-7-22/h8-15,22H,3-7,16H2,1-2H3,(H,29,31). The normalized spacial score (nSPS) is 14.2. The van der Waals surface area contributed by atoms with Crippen LogP contribution in [0.4, 0.5) is 10.1 Å². The van der Waals surface area contributed by atoms with Crippen LogP contribution >= 0.6 is 11.3 Å². The van der Waals surface area contributed by atoms with E-state index in [1.54, 1.807) is 36.4 Å². The van der Waals surface area contributed by atoms with Gasteiger partial charge in [0, 0.05) is 30.8 Å². The van der Waals surface area contributed by atoms with Crippen LogP contribution in [0.25, 0.3) is 0 Å². The van der Waals surface area contributed by atoms with Gasteiger partial charge in [0.15, 0.2) is 0 Å². The lowest BCUT2D eigenvalue weighted by atomic mass is 9.94. The van der Waals surface area contributed by atoms with Gasteiger partial charge in [-0.05, 0) is 61.7 Å². The molecule has 0 atom stereocenters. The fourth-order valence-electron chi connectivity index (χ4n) is 4.24. The molecule has 1 aromatic heterocycles. The highest BCUT2D eigenvalue weighted by Crippen LogP contribution is 2.25. The number of anilines is 1. The zero-order chi connectivity index (χ0) is 23.4. The Morgan fingerprint density at radius 3 is 2.39 bits per heavy atom. The molecule has 1 aliphatic rings. The number of halogens is 1. The summed E-state index contributed by atoms with van der Waals surface area (Å²) in [7, 11) is 1.88. The number of carbonyl (C=O) groups is 2. The van der Waals surface area contributed by atoms with Gasteiger partial charge in [0.1, 0.15) is 10.7 Å². The highest BCUT2D eigenvalue weighted by atomic mass is 32.1. The Morgan fingerprint density at radius 2 is 1.73 bits per heavy atom. The fourth-order valence-corrected chi connectivity index (χ4v) is 5.23. The van der Waals surface area contributed by atoms with Gasteiger partial charge in [0.25, 0.3) is 11.8 Å². The third-order valence-corrected chi connectivity index (χ3v) is 7.30. The molecule has 33 heavy (non-hydrogen) atoms. The molecule has 2 aromatic carbocycles. The lowest BCUT2D eigenvalue weighted by Crippen LogP contribution is -2.38. The van der Waals surface area contributed by atoms with E-state index in [0.29, 0.717) is 34.3 Å². The first-order valence-electron chi connectivity index (χ1n) is 11.3. The van der Waals surface area contributed by atoms with E-state index in [4.69, 9.17) is 0 Å². The number of amides is 2. The molecule has 172 valence electrons. The van der Waals surface area contributed by atoms with Crippen LogP contribution < -0.4 is 5.32 Å². The first-order valence-corrected chi connectivity index (χ1v) is 12.1. The van der Waals surface area contributed by atoms with Crippen molar-refractivity contribution in [1.82, 2.24) is 9.88 Å². The molecule has 3 aromatic rings. The number of benzene rings is 2. The lowest BCUT2D eigenvalue weighted by Gasteiger charge is -2.31. The van der Waals surface area contributed by atoms with Gasteiger partial charge in [0.05, 0.1) is 10.7 Å². The van der Waals surface area contributed by atoms with Crippen molar-refractivity contribution in [3.05, 3.63) is 81.1 Å². The molecule has 0 radical (unpaired) electrons. The first-order chi connectivity index (χ1) is 15.9. The van der Waals surface area contributed by atoms with Crippen LogP contribution in [0.5, 0.6) is 0 Å². The van der Waals surface area contributed by atoms with Crippen LogP contribution in [0, 0.1) is 12.7 Å². The molecule has 5 nitrogen and oxygen atoms in total. The van der Waals surface area contributed by atoms with E-state index >= 15 is 0 Å². The maximum atomic E-state index is 13.1. The van der Waals surface area contributed by atoms with Crippen molar-refractivity contribution in [2.45, 2.75) is 51.5 Å². The zero-order valence-electron chi connectivity index (χ0n) is 18.9. The molecule has 2 amide bonds. The molecule has 4 rings (SSSR count). The van der Waals surface area contributed by atoms with Crippen molar-refractivity contribution in [2.75, 3.05) is 12.4 Å². The second-order valence-corrected chi connectivity index (χ2v) is 9.65. The Morgan fingerprint density at radius 1 is 1.06 bits per heavy atom. The third-order valence-electron chi connectivity index (χ3n) is 6.15. The molecular formula is C26H28FN3O2S. The summed E-state index contributed by atoms with van der Waals surface area (Å²) < 4.78 is 13.1. The van der Waals surface area contributed by atoms with Crippen molar-refractivity contribution >= 4 is 28.8 Å². The van der Waals surface area contributed by atoms with Gasteiger partial charge >= 0.3 is 0 Å². The molecule has 7 heteroatoms. The van der Waals surface area contributed by atoms with Crippen LogP contribution in [0.3, 0.4) is 0 Å². The van der Waals surface area contributed by atoms with Crippen molar-refractivity contribution in [1.29, 1.82) is 0 Å². The van der Waals surface area contributed by atoms with Gasteiger partial charge in [0.2, 0.25) is 0 Å². The summed E-state index contributed by atoms with van der Waals surface area (Å²) in [5, 5.41) is 3.70. The molecule has 0 spiro atoms. The summed E-state index contributed by atoms with van der Waals surface area (Å²) in [5.74, 6) is -0.486. The van der Waals surface area contributed by atoms with Gasteiger partial charge in [-0.3, -0.25) is 9.59 Å². The first kappa shape index (κ1) is 23.1. The van der Waals surface area contributed by atoms with E-state index < -0.39 is 0 Å². The van der Waals surface area contributed by atoms with Crippen LogP contribution in [0.1, 0.15) is 68.4 Å². The smallest absolute Gasteiger partial charge is 0.267 e. The number of carbonyl (C=O) groups excluding carboxylic acids is 2. The molecule has 0 unspecified atom stereocenters. The van der Waals surface area contributed by atoms with Gasteiger partial charge in [-0.1, -0.05) is 31.4 Å². The van der Waals surface area contributed by atoms with Crippen molar-refractivity contribution in [3.63, 3.8) is 0 Å². The van der Waals surface area contributed by atoms with Gasteiger partial charge in [-0.2, -0.15) is 0 Å². The largest absolute Gasteiger partial charge is 0.339 e. The fraction of sp³-hybridized carbons (Fsp3) is 0.346. The quantitative estimate of drug-likeness (QED) is 0.498. The van der Waals surface area contributed by atoms with Crippen LogP contribution in [-0.2, 0) is 6.42 Å². The monoisotopic (exact) mass is 465 g/mol. The van der Waals surface area contributed by atoms with Crippen LogP contribution in [-0.4, -0.2) is 34.8 Å². The molecule has 1 fully saturated rings. The summed E-state index contributed by atoms with van der Waals surface area (Å²) in [6, 6.07) is 13.6. The van der Waals surface area contributed by atoms with E-state index in [9.17, 15) is 14.0 Å². The lowest BCUT2D eigenvalue weighted by molar-refractivity contribution is 0.0696. The second-order valence-electron chi connectivity index (χ2n) is 8.56. The molecule has 1 heterocycles. The Labute approximate surface area is 197 Å². The van der Waals surface area contributed by atoms with Crippen LogP contribution in [0.15, 0.2) is 48.5 Å². The Hall–Kier alpha value is -3.06. The molecule has 0 saturated heterocycles. The maximum Gasteiger partial charge on any atom is 0.267 e. The average molecular weight is 466 g/mol. The number of hydrogen-bond acceptors (Lipinski definition) is 4. The average Bonchev–Trinajstić information content (AvgIpc) is 3.20. The van der Waals surface area contributed by atoms with E-state index in [2.05, 4.69) is 10.3 Å². The molecular weight excluding hydrogens is 437 g/mol. The number of aryl methyl sites for hydroxylation is 1. The molecule has 0 aliphatic heterocycles. The van der Waals surface area contributed by atoms with Crippen molar-refractivity contribution in [2.24, 2.45) is 0 Å². The van der Waals surface area contributed by atoms with E-state index in [1.807, 2.05) is 18.9 Å². The summed E-state index contributed by atoms with van der Waals surface area (Å²) in [5.41, 5.74) is 2.85. The maximum absolute atomic E-state index is 13.1. The van der Waals surface area contributed by atoms with Crippen molar-refractivity contribution in [3.8, 4) is 0 Å². The Balaban J connectivity index is 1.39. The minimum Gasteiger partial charge on any atom is -0.339 e. The number of rotatable bonds is 6. The van der Waals surface area contributed by atoms with E-state index in [1.165, 1.54) is 42.7 Å². The van der Waals surface area contributed by atoms with Crippen molar-refractivity contribution < 1.29 is 14.0 Å². The Kier molecular flexibility index (Phi) is 7.18. The summed E-state index contributed by atoms with van der Waals surface area (Å²) >= 11 is 1.34. The summed E-state index contributed by atoms with van der Waals surface area (Å²) in [4.78, 5) is 32.5. The third kappa shape index (κ3) is 5.66. The highest BCUT2D eigenvalue weighted by Gasteiger charge is 2.23. The molecule has 0 bridgehead atoms. The SMILES string of the molecule is Cc1nc(Cc2ccc(F)cc2)sc1C(=O)Nc1ccc(C(=O)N(C)C2CCCCC2)cc1. The summed E-state index contributed by atoms with van der Waals surface area (Å²) in [6.07, 6.45) is 6.28. The van der Waals surface area contributed by atoms with Crippen LogP contribution in [0.2, 0.25) is 0 Å². The number of nitrogens with zero attached hydrogens (tertiary/aromatic N) is 2. The molecule has 1 saturated carbocycles. The second kappa shape index (κ2) is 10.3. The number of nitrogens with one attached hydrogen (secondary N) is 1. The van der Waals surface area contributed by atoms with E-state index in [-0.39, 0.29) is 17.6 Å². The van der Waals surface area contributed by atoms with E-state index in [0.717, 1.165) is 23.4 Å². The van der Waals surface area contributed by atoms with Gasteiger partial charge in [-0.25, -0.2) is 9.37 Å². The molecule has 1 aliphatic carbocycles. The number of aromatic nitrogens is 1. The Bertz CT molecular complexity index is 1120. The minimum atomic E-state index is -0.275. The predicted molar refractivity (Wildman–Crippen MR) is 129 cm³/mol. The zero-order valence-corrected chi connectivity index (χ0v) is 19.8. The predicted octanol–water partition coefficient (Wildman–Crippen LogP) is 5.84. The minimum absolute atomic E-state index is 0.0171. The topological polar surface area (TPSA) is 62.3 Å². The summed E-state index contributed by atoms with van der Waals surface area (Å²) in [6.45, 7) is 1.81. The number of thiazole rings is 1.